The van der Waals surface area contributed by atoms with E-state index in [0.29, 0.717) is 38.5 Å². The maximum Gasteiger partial charge on any atom is 0.224 e. The van der Waals surface area contributed by atoms with Crippen molar-refractivity contribution in [2.24, 2.45) is 0 Å². The van der Waals surface area contributed by atoms with E-state index in [1.54, 1.807) is 0 Å². The molecule has 3 rings (SSSR count). The summed E-state index contributed by atoms with van der Waals surface area (Å²) in [7, 11) is 4.02. The summed E-state index contributed by atoms with van der Waals surface area (Å²) in [6.45, 7) is 4.24. The maximum atomic E-state index is 12.5. The van der Waals surface area contributed by atoms with Gasteiger partial charge in [-0.2, -0.15) is 0 Å². The maximum absolute atomic E-state index is 12.5. The molecule has 28 heavy (non-hydrogen) atoms. The Labute approximate surface area is 166 Å². The van der Waals surface area contributed by atoms with Crippen LogP contribution in [0.3, 0.4) is 0 Å². The van der Waals surface area contributed by atoms with Crippen molar-refractivity contribution in [2.75, 3.05) is 40.5 Å². The minimum absolute atomic E-state index is 0.0190. The van der Waals surface area contributed by atoms with Gasteiger partial charge in [-0.3, -0.25) is 4.79 Å². The van der Waals surface area contributed by atoms with Gasteiger partial charge in [0.25, 0.3) is 0 Å². The fraction of sp³-hybridized carbons (Fsp3) is 0.409. The number of hydrogen-bond donors (Lipinski definition) is 1. The van der Waals surface area contributed by atoms with Gasteiger partial charge in [0.1, 0.15) is 19.0 Å². The number of likely N-dealkylation sites (N-methyl/N-ethyl adjacent to an activating group) is 1. The third kappa shape index (κ3) is 5.16. The van der Waals surface area contributed by atoms with Crippen molar-refractivity contribution in [1.82, 2.24) is 10.2 Å². The number of fused-ring (bicyclic) bond motifs is 1. The lowest BCUT2D eigenvalue weighted by Gasteiger charge is -2.25. The third-order valence-electron chi connectivity index (χ3n) is 4.66. The fourth-order valence-electron chi connectivity index (χ4n) is 3.21. The van der Waals surface area contributed by atoms with Gasteiger partial charge in [0.15, 0.2) is 11.5 Å². The molecule has 1 aliphatic rings. The smallest absolute Gasteiger partial charge is 0.224 e. The van der Waals surface area contributed by atoms with Gasteiger partial charge in [0.2, 0.25) is 5.91 Å². The number of rotatable bonds is 8. The fourth-order valence-corrected chi connectivity index (χ4v) is 3.21. The number of hydrogen-bond acceptors (Lipinski definition) is 5. The van der Waals surface area contributed by atoms with E-state index in [-0.39, 0.29) is 11.9 Å². The summed E-state index contributed by atoms with van der Waals surface area (Å²) >= 11 is 0. The number of carbonyl (C=O) groups is 1. The minimum atomic E-state index is -0.0190. The monoisotopic (exact) mass is 384 g/mol. The first kappa shape index (κ1) is 20.0. The quantitative estimate of drug-likeness (QED) is 0.758. The molecule has 1 unspecified atom stereocenters. The van der Waals surface area contributed by atoms with Crippen molar-refractivity contribution in [3.8, 4) is 17.2 Å². The summed E-state index contributed by atoms with van der Waals surface area (Å²) in [5, 5.41) is 3.05. The molecule has 0 fully saturated rings. The summed E-state index contributed by atoms with van der Waals surface area (Å²) < 4.78 is 16.6. The Morgan fingerprint density at radius 2 is 1.82 bits per heavy atom. The normalized spacial score (nSPS) is 13.9. The van der Waals surface area contributed by atoms with E-state index in [4.69, 9.17) is 14.2 Å². The topological polar surface area (TPSA) is 60.0 Å². The summed E-state index contributed by atoms with van der Waals surface area (Å²) in [6, 6.07) is 13.7. The van der Waals surface area contributed by atoms with Crippen molar-refractivity contribution in [1.29, 1.82) is 0 Å². The molecule has 0 aromatic heterocycles. The number of ether oxygens (including phenoxy) is 3. The molecule has 1 N–H and O–H groups in total. The van der Waals surface area contributed by atoms with Crippen LogP contribution in [0.1, 0.15) is 24.1 Å². The van der Waals surface area contributed by atoms with Crippen LogP contribution in [0.15, 0.2) is 42.5 Å². The Bertz CT molecular complexity index is 790. The molecule has 0 bridgehead atoms. The summed E-state index contributed by atoms with van der Waals surface area (Å²) in [5.74, 6) is 2.27. The van der Waals surface area contributed by atoms with Crippen molar-refractivity contribution in [3.63, 3.8) is 0 Å². The van der Waals surface area contributed by atoms with E-state index in [2.05, 4.69) is 10.2 Å². The molecular weight excluding hydrogens is 356 g/mol. The molecule has 0 spiro atoms. The molecule has 0 aliphatic carbocycles. The van der Waals surface area contributed by atoms with Gasteiger partial charge in [-0.15, -0.1) is 0 Å². The van der Waals surface area contributed by atoms with Crippen LogP contribution in [0.4, 0.5) is 0 Å². The zero-order valence-corrected chi connectivity index (χ0v) is 16.7. The van der Waals surface area contributed by atoms with Crippen molar-refractivity contribution in [3.05, 3.63) is 53.6 Å². The summed E-state index contributed by atoms with van der Waals surface area (Å²) in [5.41, 5.74) is 2.04. The van der Waals surface area contributed by atoms with Crippen LogP contribution in [-0.2, 0) is 11.2 Å². The predicted octanol–water partition coefficient (Wildman–Crippen LogP) is 2.82. The highest BCUT2D eigenvalue weighted by molar-refractivity contribution is 5.78. The number of benzene rings is 2. The van der Waals surface area contributed by atoms with Crippen LogP contribution in [0.25, 0.3) is 0 Å². The molecule has 1 atom stereocenters. The Hall–Kier alpha value is -2.73. The Balaban J connectivity index is 1.58. The van der Waals surface area contributed by atoms with Gasteiger partial charge in [-0.05, 0) is 56.4 Å². The minimum Gasteiger partial charge on any atom is -0.494 e. The van der Waals surface area contributed by atoms with Crippen LogP contribution in [0.2, 0.25) is 0 Å². The number of nitrogens with zero attached hydrogens (tertiary/aromatic N) is 1. The van der Waals surface area contributed by atoms with E-state index < -0.39 is 0 Å². The van der Waals surface area contributed by atoms with Crippen molar-refractivity contribution in [2.45, 2.75) is 19.4 Å². The molecule has 0 saturated heterocycles. The third-order valence-corrected chi connectivity index (χ3v) is 4.66. The predicted molar refractivity (Wildman–Crippen MR) is 108 cm³/mol. The first-order valence-corrected chi connectivity index (χ1v) is 9.61. The molecule has 150 valence electrons. The first-order valence-electron chi connectivity index (χ1n) is 9.61. The lowest BCUT2D eigenvalue weighted by atomic mass is 10.1. The lowest BCUT2D eigenvalue weighted by molar-refractivity contribution is -0.120. The van der Waals surface area contributed by atoms with Gasteiger partial charge < -0.3 is 24.4 Å². The van der Waals surface area contributed by atoms with E-state index >= 15 is 0 Å². The molecule has 0 radical (unpaired) electrons. The van der Waals surface area contributed by atoms with Crippen LogP contribution in [0.5, 0.6) is 17.2 Å². The van der Waals surface area contributed by atoms with Gasteiger partial charge >= 0.3 is 0 Å². The van der Waals surface area contributed by atoms with Gasteiger partial charge in [0.05, 0.1) is 19.1 Å². The van der Waals surface area contributed by atoms with E-state index in [0.717, 1.165) is 22.6 Å². The van der Waals surface area contributed by atoms with E-state index in [1.165, 1.54) is 0 Å². The number of amides is 1. The van der Waals surface area contributed by atoms with Crippen molar-refractivity contribution >= 4 is 5.91 Å². The average molecular weight is 384 g/mol. The largest absolute Gasteiger partial charge is 0.494 e. The standard InChI is InChI=1S/C22H28N2O4/c1-4-26-18-8-6-17(7-9-18)19(24(2)3)15-23-22(25)14-16-5-10-20-21(13-16)28-12-11-27-20/h5-10,13,19H,4,11-12,14-15H2,1-3H3,(H,23,25). The van der Waals surface area contributed by atoms with Crippen LogP contribution < -0.4 is 19.5 Å². The number of nitrogens with one attached hydrogen (secondary N) is 1. The SMILES string of the molecule is CCOc1ccc(C(CNC(=O)Cc2ccc3c(c2)OCCO3)N(C)C)cc1. The Kier molecular flexibility index (Phi) is 6.76. The molecule has 1 amide bonds. The second-order valence-corrected chi connectivity index (χ2v) is 6.94. The van der Waals surface area contributed by atoms with Gasteiger partial charge in [0, 0.05) is 6.54 Å². The molecule has 6 heteroatoms. The molecule has 2 aromatic carbocycles. The number of carbonyl (C=O) groups excluding carboxylic acids is 1. The molecule has 6 nitrogen and oxygen atoms in total. The zero-order chi connectivity index (χ0) is 19.9. The van der Waals surface area contributed by atoms with E-state index in [9.17, 15) is 4.79 Å². The highest BCUT2D eigenvalue weighted by Gasteiger charge is 2.17. The molecule has 1 aliphatic heterocycles. The van der Waals surface area contributed by atoms with Crippen LogP contribution >= 0.6 is 0 Å². The first-order chi connectivity index (χ1) is 13.6. The Morgan fingerprint density at radius 3 is 2.50 bits per heavy atom. The summed E-state index contributed by atoms with van der Waals surface area (Å²) in [4.78, 5) is 14.6. The highest BCUT2D eigenvalue weighted by atomic mass is 16.6. The van der Waals surface area contributed by atoms with Gasteiger partial charge in [-0.25, -0.2) is 0 Å². The second kappa shape index (κ2) is 9.46. The van der Waals surface area contributed by atoms with Crippen LogP contribution in [-0.4, -0.2) is 51.3 Å². The summed E-state index contributed by atoms with van der Waals surface area (Å²) in [6.07, 6.45) is 0.306. The average Bonchev–Trinajstić information content (AvgIpc) is 2.69. The molecule has 0 saturated carbocycles. The molecule has 1 heterocycles. The van der Waals surface area contributed by atoms with Crippen molar-refractivity contribution < 1.29 is 19.0 Å². The molecule has 2 aromatic rings. The van der Waals surface area contributed by atoms with E-state index in [1.807, 2.05) is 63.5 Å². The highest BCUT2D eigenvalue weighted by Crippen LogP contribution is 2.30. The van der Waals surface area contributed by atoms with Crippen LogP contribution in [0, 0.1) is 0 Å². The lowest BCUT2D eigenvalue weighted by Crippen LogP contribution is -2.35. The molecular formula is C22H28N2O4. The van der Waals surface area contributed by atoms with Gasteiger partial charge in [-0.1, -0.05) is 18.2 Å². The Morgan fingerprint density at radius 1 is 1.11 bits per heavy atom. The zero-order valence-electron chi connectivity index (χ0n) is 16.7. The second-order valence-electron chi connectivity index (χ2n) is 6.94.